The average Bonchev–Trinajstić information content (AvgIpc) is 2.75. The molecule has 0 bridgehead atoms. The molecule has 1 aromatic carbocycles. The number of nitrogens with one attached hydrogen (secondary N) is 1. The summed E-state index contributed by atoms with van der Waals surface area (Å²) in [4.78, 5) is 1.97. The smallest absolute Gasteiger partial charge is 0.169 e. The topological polar surface area (TPSA) is 49.4 Å². The van der Waals surface area contributed by atoms with Crippen LogP contribution in [0.3, 0.4) is 0 Å². The molecule has 4 nitrogen and oxygen atoms in total. The second kappa shape index (κ2) is 4.61. The van der Waals surface area contributed by atoms with Gasteiger partial charge in [0.25, 0.3) is 0 Å². The first-order valence-electron chi connectivity index (χ1n) is 5.97. The lowest BCUT2D eigenvalue weighted by Crippen LogP contribution is -2.36. The summed E-state index contributed by atoms with van der Waals surface area (Å²) in [5.41, 5.74) is 1.07. The van der Waals surface area contributed by atoms with E-state index in [1.54, 1.807) is 0 Å². The predicted octanol–water partition coefficient (Wildman–Crippen LogP) is 1.20. The largest absolute Gasteiger partial charge is 0.357 e. The Morgan fingerprint density at radius 3 is 2.68 bits per heavy atom. The van der Waals surface area contributed by atoms with Gasteiger partial charge in [-0.3, -0.25) is 0 Å². The highest BCUT2D eigenvalue weighted by atomic mass is 35.5. The molecule has 0 aromatic heterocycles. The number of rotatable bonds is 2. The van der Waals surface area contributed by atoms with E-state index in [1.807, 2.05) is 29.2 Å². The van der Waals surface area contributed by atoms with E-state index in [1.165, 1.54) is 0 Å². The van der Waals surface area contributed by atoms with Gasteiger partial charge in [0.15, 0.2) is 14.9 Å². The highest BCUT2D eigenvalue weighted by Gasteiger charge is 2.46. The zero-order valence-corrected chi connectivity index (χ0v) is 12.4. The van der Waals surface area contributed by atoms with E-state index in [4.69, 9.17) is 23.8 Å². The zero-order chi connectivity index (χ0) is 13.6. The second-order valence-corrected chi connectivity index (χ2v) is 7.93. The molecule has 2 aliphatic rings. The molecule has 0 amide bonds. The van der Waals surface area contributed by atoms with E-state index in [2.05, 4.69) is 5.32 Å². The van der Waals surface area contributed by atoms with E-state index in [9.17, 15) is 8.42 Å². The lowest BCUT2D eigenvalue weighted by molar-refractivity contribution is 0.349. The fourth-order valence-corrected chi connectivity index (χ4v) is 5.04. The lowest BCUT2D eigenvalue weighted by atomic mass is 10.1. The van der Waals surface area contributed by atoms with Crippen LogP contribution in [0.25, 0.3) is 0 Å². The van der Waals surface area contributed by atoms with Gasteiger partial charge in [-0.15, -0.1) is 0 Å². The van der Waals surface area contributed by atoms with Gasteiger partial charge >= 0.3 is 0 Å². The quantitative estimate of drug-likeness (QED) is 0.831. The summed E-state index contributed by atoms with van der Waals surface area (Å²) in [5, 5.41) is 4.43. The van der Waals surface area contributed by atoms with Crippen LogP contribution >= 0.6 is 23.8 Å². The third-order valence-corrected chi connectivity index (χ3v) is 5.88. The van der Waals surface area contributed by atoms with Crippen molar-refractivity contribution in [2.24, 2.45) is 0 Å². The molecular weight excluding hydrogens is 304 g/mol. The van der Waals surface area contributed by atoms with Gasteiger partial charge in [-0.25, -0.2) is 8.42 Å². The van der Waals surface area contributed by atoms with Crippen LogP contribution in [0.15, 0.2) is 24.3 Å². The number of halogens is 1. The summed E-state index contributed by atoms with van der Waals surface area (Å²) >= 11 is 11.1. The molecule has 2 saturated heterocycles. The van der Waals surface area contributed by atoms with Crippen LogP contribution in [-0.2, 0) is 16.4 Å². The maximum Gasteiger partial charge on any atom is 0.169 e. The normalized spacial score (nSPS) is 28.3. The highest BCUT2D eigenvalue weighted by molar-refractivity contribution is 7.91. The molecule has 2 aliphatic heterocycles. The Labute approximate surface area is 122 Å². The van der Waals surface area contributed by atoms with Crippen molar-refractivity contribution in [2.75, 3.05) is 11.5 Å². The Hall–Kier alpha value is -0.850. The van der Waals surface area contributed by atoms with Crippen molar-refractivity contribution >= 4 is 38.8 Å². The van der Waals surface area contributed by atoms with Gasteiger partial charge in [0.1, 0.15) is 0 Å². The maximum atomic E-state index is 11.7. The van der Waals surface area contributed by atoms with Gasteiger partial charge in [-0.05, 0) is 29.9 Å². The monoisotopic (exact) mass is 316 g/mol. The highest BCUT2D eigenvalue weighted by Crippen LogP contribution is 2.26. The molecule has 1 N–H and O–H groups in total. The summed E-state index contributed by atoms with van der Waals surface area (Å²) < 4.78 is 23.3. The van der Waals surface area contributed by atoms with Gasteiger partial charge in [-0.1, -0.05) is 23.7 Å². The van der Waals surface area contributed by atoms with Gasteiger partial charge < -0.3 is 10.2 Å². The Morgan fingerprint density at radius 2 is 2.00 bits per heavy atom. The molecule has 1 aromatic rings. The second-order valence-electron chi connectivity index (χ2n) is 4.95. The molecule has 0 radical (unpaired) electrons. The van der Waals surface area contributed by atoms with E-state index >= 15 is 0 Å². The number of hydrogen-bond donors (Lipinski definition) is 1. The number of sulfone groups is 1. The number of benzene rings is 1. The minimum atomic E-state index is -2.95. The molecule has 2 heterocycles. The fourth-order valence-electron chi connectivity index (χ4n) is 2.64. The molecule has 2 unspecified atom stereocenters. The maximum absolute atomic E-state index is 11.7. The van der Waals surface area contributed by atoms with Crippen molar-refractivity contribution in [3.05, 3.63) is 34.9 Å². The lowest BCUT2D eigenvalue weighted by Gasteiger charge is -2.23. The fraction of sp³-hybridized carbons (Fsp3) is 0.417. The predicted molar refractivity (Wildman–Crippen MR) is 79.0 cm³/mol. The van der Waals surface area contributed by atoms with E-state index < -0.39 is 9.84 Å². The summed E-state index contributed by atoms with van der Waals surface area (Å²) in [6, 6.07) is 7.40. The van der Waals surface area contributed by atoms with Crippen molar-refractivity contribution in [1.82, 2.24) is 10.2 Å². The van der Waals surface area contributed by atoms with Crippen LogP contribution in [0.1, 0.15) is 5.56 Å². The van der Waals surface area contributed by atoms with Crippen LogP contribution in [0.4, 0.5) is 0 Å². The van der Waals surface area contributed by atoms with Crippen LogP contribution < -0.4 is 5.32 Å². The van der Waals surface area contributed by atoms with Crippen molar-refractivity contribution in [2.45, 2.75) is 18.6 Å². The van der Waals surface area contributed by atoms with Crippen LogP contribution in [0, 0.1) is 0 Å². The minimum Gasteiger partial charge on any atom is -0.357 e. The molecule has 3 rings (SSSR count). The molecule has 102 valence electrons. The molecule has 19 heavy (non-hydrogen) atoms. The first-order chi connectivity index (χ1) is 8.94. The van der Waals surface area contributed by atoms with Crippen molar-refractivity contribution in [3.63, 3.8) is 0 Å². The number of thiocarbonyl (C=S) groups is 1. The van der Waals surface area contributed by atoms with Gasteiger partial charge in [0.05, 0.1) is 23.6 Å². The number of hydrogen-bond acceptors (Lipinski definition) is 3. The minimum absolute atomic E-state index is 0.0480. The van der Waals surface area contributed by atoms with Crippen molar-refractivity contribution in [1.29, 1.82) is 0 Å². The number of nitrogens with zero attached hydrogens (tertiary/aromatic N) is 1. The Bertz CT molecular complexity index is 615. The molecule has 2 atom stereocenters. The number of fused-ring (bicyclic) bond motifs is 1. The Morgan fingerprint density at radius 1 is 1.32 bits per heavy atom. The molecular formula is C12H13ClN2O2S2. The Balaban J connectivity index is 1.80. The summed E-state index contributed by atoms with van der Waals surface area (Å²) in [7, 11) is -2.95. The standard InChI is InChI=1S/C12H13ClN2O2S2/c13-9-3-1-8(2-4-9)5-15-11-7-19(16,17)6-10(11)14-12(15)18/h1-4,10-11H,5-7H2,(H,14,18). The van der Waals surface area contributed by atoms with Crippen LogP contribution in [-0.4, -0.2) is 42.0 Å². The molecule has 0 aliphatic carbocycles. The first-order valence-corrected chi connectivity index (χ1v) is 8.57. The third-order valence-electron chi connectivity index (χ3n) is 3.56. The van der Waals surface area contributed by atoms with E-state index in [-0.39, 0.29) is 23.6 Å². The van der Waals surface area contributed by atoms with E-state index in [0.29, 0.717) is 16.7 Å². The molecule has 7 heteroatoms. The van der Waals surface area contributed by atoms with Crippen LogP contribution in [0.5, 0.6) is 0 Å². The molecule has 2 fully saturated rings. The molecule has 0 spiro atoms. The Kier molecular flexibility index (Phi) is 3.19. The summed E-state index contributed by atoms with van der Waals surface area (Å²) in [6.45, 7) is 0.611. The SMILES string of the molecule is O=S1(=O)CC2NC(=S)N(Cc3ccc(Cl)cc3)C2C1. The van der Waals surface area contributed by atoms with Gasteiger partial charge in [-0.2, -0.15) is 0 Å². The van der Waals surface area contributed by atoms with E-state index in [0.717, 1.165) is 5.56 Å². The average molecular weight is 317 g/mol. The van der Waals surface area contributed by atoms with Gasteiger partial charge in [0, 0.05) is 11.6 Å². The molecule has 0 saturated carbocycles. The summed E-state index contributed by atoms with van der Waals surface area (Å²) in [5.74, 6) is 0.354. The van der Waals surface area contributed by atoms with Crippen molar-refractivity contribution in [3.8, 4) is 0 Å². The van der Waals surface area contributed by atoms with Gasteiger partial charge in [0.2, 0.25) is 0 Å². The third kappa shape index (κ3) is 2.57. The van der Waals surface area contributed by atoms with Crippen molar-refractivity contribution < 1.29 is 8.42 Å². The van der Waals surface area contributed by atoms with Crippen LogP contribution in [0.2, 0.25) is 5.02 Å². The summed E-state index contributed by atoms with van der Waals surface area (Å²) in [6.07, 6.45) is 0. The first kappa shape index (κ1) is 13.1. The zero-order valence-electron chi connectivity index (χ0n) is 10.0.